The number of fused-ring (bicyclic) bond motifs is 2. The first kappa shape index (κ1) is 17.5. The Kier molecular flexibility index (Phi) is 4.98. The van der Waals surface area contributed by atoms with Crippen LogP contribution in [-0.2, 0) is 17.8 Å². The molecule has 0 spiro atoms. The first-order chi connectivity index (χ1) is 12.6. The average Bonchev–Trinajstić information content (AvgIpc) is 2.63. The maximum Gasteiger partial charge on any atom is 0.120 e. The van der Waals surface area contributed by atoms with Gasteiger partial charge >= 0.3 is 0 Å². The monoisotopic (exact) mass is 353 g/mol. The molecule has 2 aromatic rings. The number of benzene rings is 2. The predicted molar refractivity (Wildman–Crippen MR) is 101 cm³/mol. The van der Waals surface area contributed by atoms with Gasteiger partial charge in [0.25, 0.3) is 0 Å². The molecule has 2 aromatic carbocycles. The Bertz CT molecular complexity index is 719. The third-order valence-corrected chi connectivity index (χ3v) is 5.68. The van der Waals surface area contributed by atoms with E-state index in [-0.39, 0.29) is 0 Å². The Labute approximate surface area is 155 Å². The molecule has 2 aliphatic heterocycles. The standard InChI is InChI=1S/C22H27NO3/c1-23-19-12-22(24,13-20(23)16-25-15-19)11-18-8-5-9-21(10-18)26-14-17-6-3-2-4-7-17/h2-10,19-20,24H,11-16H2,1H3. The van der Waals surface area contributed by atoms with Gasteiger partial charge in [0.05, 0.1) is 18.8 Å². The van der Waals surface area contributed by atoms with Crippen molar-refractivity contribution in [2.24, 2.45) is 0 Å². The highest BCUT2D eigenvalue weighted by atomic mass is 16.5. The van der Waals surface area contributed by atoms with Crippen molar-refractivity contribution >= 4 is 0 Å². The lowest BCUT2D eigenvalue weighted by atomic mass is 9.78. The molecular weight excluding hydrogens is 326 g/mol. The maximum atomic E-state index is 11.2. The summed E-state index contributed by atoms with van der Waals surface area (Å²) in [5, 5.41) is 11.2. The van der Waals surface area contributed by atoms with Crippen molar-refractivity contribution in [1.82, 2.24) is 4.90 Å². The smallest absolute Gasteiger partial charge is 0.120 e. The van der Waals surface area contributed by atoms with Crippen molar-refractivity contribution in [3.63, 3.8) is 0 Å². The molecule has 26 heavy (non-hydrogen) atoms. The summed E-state index contributed by atoms with van der Waals surface area (Å²) in [5.41, 5.74) is 1.62. The first-order valence-corrected chi connectivity index (χ1v) is 9.39. The molecule has 0 saturated carbocycles. The molecule has 2 unspecified atom stereocenters. The minimum Gasteiger partial charge on any atom is -0.489 e. The van der Waals surface area contributed by atoms with Crippen LogP contribution in [0, 0.1) is 0 Å². The molecule has 2 atom stereocenters. The SMILES string of the molecule is CN1C2COCC1CC(O)(Cc1cccc(OCc3ccccc3)c1)C2. The highest BCUT2D eigenvalue weighted by molar-refractivity contribution is 5.30. The number of morpholine rings is 1. The molecule has 2 heterocycles. The summed E-state index contributed by atoms with van der Waals surface area (Å²) in [6, 6.07) is 18.9. The number of nitrogens with zero attached hydrogens (tertiary/aromatic N) is 1. The Morgan fingerprint density at radius 2 is 1.73 bits per heavy atom. The van der Waals surface area contributed by atoms with Gasteiger partial charge in [0, 0.05) is 18.5 Å². The Hall–Kier alpha value is -1.88. The third-order valence-electron chi connectivity index (χ3n) is 5.68. The number of hydrogen-bond donors (Lipinski definition) is 1. The van der Waals surface area contributed by atoms with Crippen molar-refractivity contribution in [1.29, 1.82) is 0 Å². The predicted octanol–water partition coefficient (Wildman–Crippen LogP) is 3.03. The van der Waals surface area contributed by atoms with E-state index < -0.39 is 5.60 Å². The minimum atomic E-state index is -0.663. The lowest BCUT2D eigenvalue weighted by Gasteiger charge is -2.50. The van der Waals surface area contributed by atoms with Crippen molar-refractivity contribution in [3.05, 3.63) is 65.7 Å². The van der Waals surface area contributed by atoms with E-state index in [4.69, 9.17) is 9.47 Å². The number of rotatable bonds is 5. The summed E-state index contributed by atoms with van der Waals surface area (Å²) >= 11 is 0. The van der Waals surface area contributed by atoms with Crippen LogP contribution in [0.5, 0.6) is 5.75 Å². The van der Waals surface area contributed by atoms with E-state index in [1.807, 2.05) is 30.3 Å². The number of hydrogen-bond acceptors (Lipinski definition) is 4. The van der Waals surface area contributed by atoms with E-state index in [1.54, 1.807) is 0 Å². The molecule has 2 aliphatic rings. The zero-order valence-corrected chi connectivity index (χ0v) is 15.3. The van der Waals surface area contributed by atoms with Gasteiger partial charge in [-0.2, -0.15) is 0 Å². The second kappa shape index (κ2) is 7.39. The normalized spacial score (nSPS) is 28.7. The van der Waals surface area contributed by atoms with Gasteiger partial charge < -0.3 is 14.6 Å². The lowest BCUT2D eigenvalue weighted by molar-refractivity contribution is -0.133. The van der Waals surface area contributed by atoms with Crippen LogP contribution in [-0.4, -0.2) is 48.0 Å². The molecular formula is C22H27NO3. The van der Waals surface area contributed by atoms with Crippen LogP contribution in [0.25, 0.3) is 0 Å². The van der Waals surface area contributed by atoms with E-state index in [0.717, 1.165) is 42.9 Å². The van der Waals surface area contributed by atoms with Crippen LogP contribution >= 0.6 is 0 Å². The fourth-order valence-electron chi connectivity index (χ4n) is 4.25. The number of ether oxygens (including phenoxy) is 2. The molecule has 1 N–H and O–H groups in total. The fraction of sp³-hybridized carbons (Fsp3) is 0.455. The van der Waals surface area contributed by atoms with Gasteiger partial charge in [-0.25, -0.2) is 0 Å². The molecule has 4 nitrogen and oxygen atoms in total. The zero-order chi connectivity index (χ0) is 18.0. The molecule has 4 rings (SSSR count). The highest BCUT2D eigenvalue weighted by Gasteiger charge is 2.44. The largest absolute Gasteiger partial charge is 0.489 e. The molecule has 0 radical (unpaired) electrons. The number of piperidine rings is 1. The number of likely N-dealkylation sites (N-methyl/N-ethyl adjacent to an activating group) is 1. The first-order valence-electron chi connectivity index (χ1n) is 9.39. The van der Waals surface area contributed by atoms with Gasteiger partial charge in [-0.1, -0.05) is 42.5 Å². The van der Waals surface area contributed by atoms with Crippen LogP contribution in [0.3, 0.4) is 0 Å². The summed E-state index contributed by atoms with van der Waals surface area (Å²) < 4.78 is 11.6. The van der Waals surface area contributed by atoms with Crippen LogP contribution in [0.4, 0.5) is 0 Å². The van der Waals surface area contributed by atoms with Crippen LogP contribution in [0.2, 0.25) is 0 Å². The fourth-order valence-corrected chi connectivity index (χ4v) is 4.25. The Morgan fingerprint density at radius 1 is 1.04 bits per heavy atom. The van der Waals surface area contributed by atoms with Gasteiger partial charge in [0.1, 0.15) is 12.4 Å². The molecule has 2 bridgehead atoms. The molecule has 0 aromatic heterocycles. The second-order valence-electron chi connectivity index (χ2n) is 7.74. The maximum absolute atomic E-state index is 11.2. The number of aliphatic hydroxyl groups is 1. The third kappa shape index (κ3) is 3.93. The van der Waals surface area contributed by atoms with E-state index in [0.29, 0.717) is 25.1 Å². The van der Waals surface area contributed by atoms with Crippen molar-refractivity contribution in [2.45, 2.75) is 43.6 Å². The van der Waals surface area contributed by atoms with E-state index in [2.05, 4.69) is 36.2 Å². The van der Waals surface area contributed by atoms with Crippen molar-refractivity contribution in [3.8, 4) is 5.75 Å². The van der Waals surface area contributed by atoms with E-state index in [9.17, 15) is 5.11 Å². The molecule has 2 saturated heterocycles. The summed E-state index contributed by atoms with van der Waals surface area (Å²) in [6.07, 6.45) is 2.18. The minimum absolute atomic E-state index is 0.310. The molecule has 0 amide bonds. The van der Waals surface area contributed by atoms with Gasteiger partial charge in [0.15, 0.2) is 0 Å². The Balaban J connectivity index is 1.42. The summed E-state index contributed by atoms with van der Waals surface area (Å²) in [5.74, 6) is 0.853. The Morgan fingerprint density at radius 3 is 2.46 bits per heavy atom. The van der Waals surface area contributed by atoms with Gasteiger partial charge in [-0.05, 0) is 43.1 Å². The summed E-state index contributed by atoms with van der Waals surface area (Å²) in [7, 11) is 2.15. The lowest BCUT2D eigenvalue weighted by Crippen LogP contribution is -2.60. The quantitative estimate of drug-likeness (QED) is 0.897. The van der Waals surface area contributed by atoms with E-state index in [1.165, 1.54) is 0 Å². The van der Waals surface area contributed by atoms with Gasteiger partial charge in [-0.15, -0.1) is 0 Å². The van der Waals surface area contributed by atoms with E-state index >= 15 is 0 Å². The van der Waals surface area contributed by atoms with Gasteiger partial charge in [-0.3, -0.25) is 4.90 Å². The van der Waals surface area contributed by atoms with Crippen LogP contribution in [0.15, 0.2) is 54.6 Å². The topological polar surface area (TPSA) is 41.9 Å². The van der Waals surface area contributed by atoms with Crippen molar-refractivity contribution < 1.29 is 14.6 Å². The van der Waals surface area contributed by atoms with Crippen molar-refractivity contribution in [2.75, 3.05) is 20.3 Å². The van der Waals surface area contributed by atoms with Crippen LogP contribution in [0.1, 0.15) is 24.0 Å². The highest BCUT2D eigenvalue weighted by Crippen LogP contribution is 2.36. The average molecular weight is 353 g/mol. The summed E-state index contributed by atoms with van der Waals surface area (Å²) in [4.78, 5) is 2.37. The zero-order valence-electron chi connectivity index (χ0n) is 15.3. The summed E-state index contributed by atoms with van der Waals surface area (Å²) in [6.45, 7) is 1.99. The van der Waals surface area contributed by atoms with Gasteiger partial charge in [0.2, 0.25) is 0 Å². The molecule has 0 aliphatic carbocycles. The second-order valence-corrected chi connectivity index (χ2v) is 7.74. The van der Waals surface area contributed by atoms with Crippen LogP contribution < -0.4 is 4.74 Å². The molecule has 2 fully saturated rings. The molecule has 4 heteroatoms. The molecule has 138 valence electrons.